The molecule has 1 N–H and O–H groups in total. The number of ether oxygens (including phenoxy) is 2. The highest BCUT2D eigenvalue weighted by Gasteiger charge is 2.33. The standard InChI is InChI=1S/C31H38ClN3O6S/c1-21(2)18-33-31(37)23(4)34(19-24-9-7-8-10-27(24)32)30(36)20-35(25-13-11-22(3)12-14-25)42(38,39)26-15-16-28(40-5)29(17-26)41-6/h7-17,21,23H,18-20H2,1-6H3,(H,33,37)/t23-/m0/s1. The Labute approximate surface area is 253 Å². The number of carbonyl (C=O) groups excluding carboxylic acids is 2. The van der Waals surface area contributed by atoms with Gasteiger partial charge in [-0.05, 0) is 55.7 Å². The van der Waals surface area contributed by atoms with Crippen LogP contribution in [-0.2, 0) is 26.2 Å². The molecule has 0 heterocycles. The Kier molecular flexibility index (Phi) is 11.2. The molecule has 0 radical (unpaired) electrons. The number of hydrogen-bond donors (Lipinski definition) is 1. The van der Waals surface area contributed by atoms with Crippen LogP contribution in [0.25, 0.3) is 0 Å². The number of methoxy groups -OCH3 is 2. The Hall–Kier alpha value is -3.76. The van der Waals surface area contributed by atoms with Crippen LogP contribution in [0, 0.1) is 12.8 Å². The minimum Gasteiger partial charge on any atom is -0.493 e. The Morgan fingerprint density at radius 3 is 2.17 bits per heavy atom. The van der Waals surface area contributed by atoms with E-state index in [4.69, 9.17) is 21.1 Å². The molecule has 0 aliphatic heterocycles. The molecule has 0 unspecified atom stereocenters. The summed E-state index contributed by atoms with van der Waals surface area (Å²) in [6, 6.07) is 17.1. The first kappa shape index (κ1) is 32.8. The van der Waals surface area contributed by atoms with Gasteiger partial charge in [-0.25, -0.2) is 8.42 Å². The normalized spacial score (nSPS) is 12.0. The van der Waals surface area contributed by atoms with Crippen molar-refractivity contribution < 1.29 is 27.5 Å². The first-order valence-corrected chi connectivity index (χ1v) is 15.3. The number of amides is 2. The van der Waals surface area contributed by atoms with E-state index in [1.165, 1.54) is 37.3 Å². The lowest BCUT2D eigenvalue weighted by molar-refractivity contribution is -0.139. The summed E-state index contributed by atoms with van der Waals surface area (Å²) in [6.07, 6.45) is 0. The fourth-order valence-corrected chi connectivity index (χ4v) is 5.81. The summed E-state index contributed by atoms with van der Waals surface area (Å²) in [7, 11) is -1.41. The zero-order valence-electron chi connectivity index (χ0n) is 24.8. The number of nitrogens with one attached hydrogen (secondary N) is 1. The van der Waals surface area contributed by atoms with Gasteiger partial charge in [0.15, 0.2) is 11.5 Å². The first-order chi connectivity index (χ1) is 19.9. The summed E-state index contributed by atoms with van der Waals surface area (Å²) in [5.74, 6) is -0.135. The minimum absolute atomic E-state index is 0.00686. The smallest absolute Gasteiger partial charge is 0.264 e. The fourth-order valence-electron chi connectivity index (χ4n) is 4.19. The lowest BCUT2D eigenvalue weighted by Crippen LogP contribution is -2.51. The van der Waals surface area contributed by atoms with Crippen molar-refractivity contribution in [2.45, 2.75) is 45.2 Å². The summed E-state index contributed by atoms with van der Waals surface area (Å²) in [5.41, 5.74) is 1.84. The van der Waals surface area contributed by atoms with Gasteiger partial charge in [0.2, 0.25) is 11.8 Å². The third kappa shape index (κ3) is 7.95. The summed E-state index contributed by atoms with van der Waals surface area (Å²) >= 11 is 6.42. The second-order valence-electron chi connectivity index (χ2n) is 10.3. The van der Waals surface area contributed by atoms with E-state index in [1.807, 2.05) is 20.8 Å². The van der Waals surface area contributed by atoms with Crippen molar-refractivity contribution >= 4 is 39.1 Å². The Morgan fingerprint density at radius 2 is 1.57 bits per heavy atom. The highest BCUT2D eigenvalue weighted by Crippen LogP contribution is 2.32. The zero-order chi connectivity index (χ0) is 31.0. The van der Waals surface area contributed by atoms with Crippen LogP contribution in [0.2, 0.25) is 5.02 Å². The number of anilines is 1. The van der Waals surface area contributed by atoms with Crippen molar-refractivity contribution in [3.63, 3.8) is 0 Å². The van der Waals surface area contributed by atoms with E-state index in [9.17, 15) is 18.0 Å². The van der Waals surface area contributed by atoms with Crippen LogP contribution < -0.4 is 19.1 Å². The van der Waals surface area contributed by atoms with E-state index < -0.39 is 28.5 Å². The lowest BCUT2D eigenvalue weighted by Gasteiger charge is -2.32. The highest BCUT2D eigenvalue weighted by atomic mass is 35.5. The van der Waals surface area contributed by atoms with Gasteiger partial charge in [-0.15, -0.1) is 0 Å². The summed E-state index contributed by atoms with van der Waals surface area (Å²) in [5, 5.41) is 3.29. The number of hydrogen-bond acceptors (Lipinski definition) is 6. The molecule has 9 nitrogen and oxygen atoms in total. The molecule has 0 aromatic heterocycles. The number of rotatable bonds is 13. The van der Waals surface area contributed by atoms with Gasteiger partial charge >= 0.3 is 0 Å². The van der Waals surface area contributed by atoms with Gasteiger partial charge in [0.1, 0.15) is 12.6 Å². The minimum atomic E-state index is -4.28. The van der Waals surface area contributed by atoms with E-state index in [-0.39, 0.29) is 29.0 Å². The fraction of sp³-hybridized carbons (Fsp3) is 0.355. The zero-order valence-corrected chi connectivity index (χ0v) is 26.3. The summed E-state index contributed by atoms with van der Waals surface area (Å²) in [4.78, 5) is 28.4. The lowest BCUT2D eigenvalue weighted by atomic mass is 10.1. The van der Waals surface area contributed by atoms with Crippen LogP contribution in [0.4, 0.5) is 5.69 Å². The molecule has 0 saturated carbocycles. The van der Waals surface area contributed by atoms with Crippen molar-refractivity contribution in [2.24, 2.45) is 5.92 Å². The van der Waals surface area contributed by atoms with Gasteiger partial charge in [0.05, 0.1) is 24.8 Å². The second-order valence-corrected chi connectivity index (χ2v) is 12.6. The molecule has 226 valence electrons. The van der Waals surface area contributed by atoms with Crippen LogP contribution >= 0.6 is 11.6 Å². The van der Waals surface area contributed by atoms with E-state index >= 15 is 0 Å². The molecule has 11 heteroatoms. The van der Waals surface area contributed by atoms with Crippen molar-refractivity contribution in [3.8, 4) is 11.5 Å². The molecule has 3 aromatic carbocycles. The van der Waals surface area contributed by atoms with Crippen molar-refractivity contribution in [2.75, 3.05) is 31.6 Å². The Balaban J connectivity index is 2.06. The Bertz CT molecular complexity index is 1490. The van der Waals surface area contributed by atoms with Crippen LogP contribution in [0.5, 0.6) is 11.5 Å². The molecule has 0 aliphatic carbocycles. The third-order valence-corrected chi connectivity index (χ3v) is 8.83. The third-order valence-electron chi connectivity index (χ3n) is 6.69. The SMILES string of the molecule is COc1ccc(S(=O)(=O)N(CC(=O)N(Cc2ccccc2Cl)[C@@H](C)C(=O)NCC(C)C)c2ccc(C)cc2)cc1OC. The molecule has 0 bridgehead atoms. The molecule has 0 spiro atoms. The first-order valence-electron chi connectivity index (χ1n) is 13.5. The number of nitrogens with zero attached hydrogens (tertiary/aromatic N) is 2. The molecule has 1 atom stereocenters. The van der Waals surface area contributed by atoms with Crippen LogP contribution in [0.15, 0.2) is 71.6 Å². The molecular weight excluding hydrogens is 578 g/mol. The number of aryl methyl sites for hydroxylation is 1. The topological polar surface area (TPSA) is 105 Å². The largest absolute Gasteiger partial charge is 0.493 e. The van der Waals surface area contributed by atoms with Gasteiger partial charge in [-0.1, -0.05) is 61.3 Å². The van der Waals surface area contributed by atoms with Crippen LogP contribution in [0.3, 0.4) is 0 Å². The van der Waals surface area contributed by atoms with Crippen LogP contribution in [0.1, 0.15) is 31.9 Å². The van der Waals surface area contributed by atoms with Gasteiger partial charge in [-0.3, -0.25) is 13.9 Å². The molecule has 3 rings (SSSR count). The van der Waals surface area contributed by atoms with Crippen molar-refractivity contribution in [3.05, 3.63) is 82.9 Å². The Morgan fingerprint density at radius 1 is 0.929 bits per heavy atom. The maximum Gasteiger partial charge on any atom is 0.264 e. The maximum atomic E-state index is 14.1. The van der Waals surface area contributed by atoms with E-state index in [0.717, 1.165) is 9.87 Å². The van der Waals surface area contributed by atoms with Gasteiger partial charge in [0.25, 0.3) is 10.0 Å². The average Bonchev–Trinajstić information content (AvgIpc) is 2.97. The predicted molar refractivity (Wildman–Crippen MR) is 165 cm³/mol. The van der Waals surface area contributed by atoms with Crippen molar-refractivity contribution in [1.82, 2.24) is 10.2 Å². The number of carbonyl (C=O) groups is 2. The van der Waals surface area contributed by atoms with E-state index in [1.54, 1.807) is 55.5 Å². The maximum absolute atomic E-state index is 14.1. The van der Waals surface area contributed by atoms with Gasteiger partial charge in [0, 0.05) is 24.2 Å². The molecular formula is C31H38ClN3O6S. The van der Waals surface area contributed by atoms with Gasteiger partial charge in [-0.2, -0.15) is 0 Å². The molecule has 0 fully saturated rings. The molecule has 42 heavy (non-hydrogen) atoms. The molecule has 0 saturated heterocycles. The van der Waals surface area contributed by atoms with Crippen LogP contribution in [-0.4, -0.2) is 58.5 Å². The summed E-state index contributed by atoms with van der Waals surface area (Å²) in [6.45, 7) is 7.31. The monoisotopic (exact) mass is 615 g/mol. The molecule has 0 aliphatic rings. The summed E-state index contributed by atoms with van der Waals surface area (Å²) < 4.78 is 39.8. The second kappa shape index (κ2) is 14.4. The molecule has 2 amide bonds. The van der Waals surface area contributed by atoms with Gasteiger partial charge < -0.3 is 19.7 Å². The van der Waals surface area contributed by atoms with Crippen molar-refractivity contribution in [1.29, 1.82) is 0 Å². The average molecular weight is 616 g/mol. The van der Waals surface area contributed by atoms with E-state index in [0.29, 0.717) is 28.6 Å². The molecule has 3 aromatic rings. The quantitative estimate of drug-likeness (QED) is 0.289. The number of halogens is 1. The predicted octanol–water partition coefficient (Wildman–Crippen LogP) is 5.05. The highest BCUT2D eigenvalue weighted by molar-refractivity contribution is 7.92. The van der Waals surface area contributed by atoms with E-state index in [2.05, 4.69) is 5.32 Å². The number of sulfonamides is 1. The number of benzene rings is 3.